The van der Waals surface area contributed by atoms with E-state index in [0.717, 1.165) is 161 Å². The van der Waals surface area contributed by atoms with Crippen molar-refractivity contribution in [1.29, 1.82) is 0 Å². The Morgan fingerprint density at radius 2 is 0.762 bits per heavy atom. The van der Waals surface area contributed by atoms with E-state index in [2.05, 4.69) is 104 Å². The van der Waals surface area contributed by atoms with Gasteiger partial charge in [0.05, 0.1) is 12.2 Å². The monoisotopic (exact) mass is 1120 g/mol. The Morgan fingerprint density at radius 1 is 0.412 bits per heavy atom. The molecule has 20 atom stereocenters. The fourth-order valence-corrected chi connectivity index (χ4v) is 20.7. The van der Waals surface area contributed by atoms with Crippen molar-refractivity contribution in [1.82, 2.24) is 21.3 Å². The highest BCUT2D eigenvalue weighted by molar-refractivity contribution is 5.13. The molecule has 0 aromatic heterocycles. The number of unbranched alkanes of at least 4 members (excludes halogenated alkanes) is 2. The van der Waals surface area contributed by atoms with E-state index in [9.17, 15) is 10.2 Å². The van der Waals surface area contributed by atoms with Crippen LogP contribution in [0.25, 0.3) is 0 Å². The average molecular weight is 1120 g/mol. The highest BCUT2D eigenvalue weighted by Gasteiger charge is 2.64. The fraction of sp³-hybridized carbons (Fsp3) is 1.00. The van der Waals surface area contributed by atoms with Crippen LogP contribution in [0, 0.1) is 116 Å². The minimum Gasteiger partial charge on any atom is -0.393 e. The standard InChI is InChI=1S/2C28H50O.2C8H21N3/c2*1-18(2)8-7-9-20(4)22-10-11-23-26-24(13-15-28(22,23)6)27(5)14-12-19(3)16-21(27)17-25(26)29;2*1-10-6-4-8-11-7-3-2-5-9/h2*18-26,29H,7-17H2,1-6H3;2*10-11H,2-9H2,1H3/t19-,20?,21+,22+,23?,24?,25+,26?,27-,28+;19-,20?,21-,22-,23?,24?,25-,26?,27+,28-;;/m01../s1. The maximum Gasteiger partial charge on any atom is 0.0577 e. The summed E-state index contributed by atoms with van der Waals surface area (Å²) in [5, 5.41) is 35.8. The molecular weight excluding hydrogens is 981 g/mol. The number of fused-ring (bicyclic) bond motifs is 10. The van der Waals surface area contributed by atoms with Gasteiger partial charge in [-0.2, -0.15) is 0 Å². The van der Waals surface area contributed by atoms with Gasteiger partial charge in [0.25, 0.3) is 0 Å². The van der Waals surface area contributed by atoms with Crippen molar-refractivity contribution in [2.45, 2.75) is 275 Å². The van der Waals surface area contributed by atoms with Crippen LogP contribution in [0.3, 0.4) is 0 Å². The van der Waals surface area contributed by atoms with E-state index in [-0.39, 0.29) is 12.2 Å². The quantitative estimate of drug-likeness (QED) is 0.0401. The predicted molar refractivity (Wildman–Crippen MR) is 347 cm³/mol. The van der Waals surface area contributed by atoms with Gasteiger partial charge in [-0.05, 0) is 311 Å². The van der Waals surface area contributed by atoms with Crippen LogP contribution in [-0.4, -0.2) is 88.9 Å². The highest BCUT2D eigenvalue weighted by Crippen LogP contribution is 2.70. The van der Waals surface area contributed by atoms with Crippen molar-refractivity contribution in [3.05, 3.63) is 0 Å². The van der Waals surface area contributed by atoms with E-state index < -0.39 is 0 Å². The molecule has 0 aromatic rings. The summed E-state index contributed by atoms with van der Waals surface area (Å²) in [7, 11) is 3.96. The second-order valence-electron chi connectivity index (χ2n) is 31.8. The second-order valence-corrected chi connectivity index (χ2v) is 31.8. The van der Waals surface area contributed by atoms with Gasteiger partial charge >= 0.3 is 0 Å². The van der Waals surface area contributed by atoms with Crippen LogP contribution >= 0.6 is 0 Å². The van der Waals surface area contributed by atoms with Crippen LogP contribution in [-0.2, 0) is 0 Å². The van der Waals surface area contributed by atoms with Crippen LogP contribution in [0.1, 0.15) is 263 Å². The molecule has 0 heterocycles. The first-order valence-electron chi connectivity index (χ1n) is 35.6. The summed E-state index contributed by atoms with van der Waals surface area (Å²) in [5.41, 5.74) is 12.7. The van der Waals surface area contributed by atoms with Gasteiger partial charge in [0.15, 0.2) is 0 Å². The van der Waals surface area contributed by atoms with Gasteiger partial charge in [0.2, 0.25) is 0 Å². The molecule has 0 radical (unpaired) electrons. The molecular formula is C72H142N6O2. The Labute approximate surface area is 498 Å². The Kier molecular flexibility index (Phi) is 30.2. The van der Waals surface area contributed by atoms with Crippen molar-refractivity contribution in [2.24, 2.45) is 128 Å². The van der Waals surface area contributed by atoms with Crippen molar-refractivity contribution < 1.29 is 10.2 Å². The molecule has 10 N–H and O–H groups in total. The first kappa shape index (κ1) is 70.4. The maximum atomic E-state index is 11.4. The van der Waals surface area contributed by atoms with E-state index in [0.29, 0.717) is 33.5 Å². The molecule has 8 aliphatic carbocycles. The lowest BCUT2D eigenvalue weighted by molar-refractivity contribution is -0.168. The van der Waals surface area contributed by atoms with Crippen LogP contribution in [0.5, 0.6) is 0 Å². The summed E-state index contributed by atoms with van der Waals surface area (Å²) in [5.74, 6) is 12.8. The highest BCUT2D eigenvalue weighted by atomic mass is 16.3. The third-order valence-electron chi connectivity index (χ3n) is 25.5. The van der Waals surface area contributed by atoms with E-state index in [1.54, 1.807) is 0 Å². The summed E-state index contributed by atoms with van der Waals surface area (Å²) in [4.78, 5) is 0. The minimum atomic E-state index is -0.0250. The van der Waals surface area contributed by atoms with Crippen LogP contribution in [0.15, 0.2) is 0 Å². The Morgan fingerprint density at radius 3 is 1.11 bits per heavy atom. The zero-order valence-electron chi connectivity index (χ0n) is 55.9. The maximum absolute atomic E-state index is 11.4. The second kappa shape index (κ2) is 34.3. The molecule has 8 rings (SSSR count). The molecule has 0 aromatic carbocycles. The number of aliphatic hydroxyl groups excluding tert-OH is 2. The fourth-order valence-electron chi connectivity index (χ4n) is 20.7. The topological polar surface area (TPSA) is 141 Å². The first-order chi connectivity index (χ1) is 38.2. The van der Waals surface area contributed by atoms with Gasteiger partial charge in [-0.3, -0.25) is 0 Å². The SMILES string of the molecule is CC(C)CCCC(C)[C@H]1CCC2C3C(CC[C@@]21C)[C@@]1(C)CC[C@@H](C)C[C@@H]1C[C@H]3O.CC(C)CCCC(C)[C@H]1CCC2C3C(CC[C@@]21C)[C@@]1(C)CC[C@H](C)C[C@@H]1C[C@H]3O.CNCCCNCCCCN.CNCCCNCCCCN. The zero-order valence-corrected chi connectivity index (χ0v) is 55.9. The number of hydrogen-bond acceptors (Lipinski definition) is 8. The molecule has 0 bridgehead atoms. The lowest BCUT2D eigenvalue weighted by Crippen LogP contribution is -2.58. The third kappa shape index (κ3) is 18.4. The first-order valence-corrected chi connectivity index (χ1v) is 35.6. The largest absolute Gasteiger partial charge is 0.393 e. The number of aliphatic hydroxyl groups is 2. The number of nitrogens with one attached hydrogen (secondary N) is 4. The Balaban J connectivity index is 0.000000216. The summed E-state index contributed by atoms with van der Waals surface area (Å²) in [6.45, 7) is 38.3. The summed E-state index contributed by atoms with van der Waals surface area (Å²) in [6, 6.07) is 0. The predicted octanol–water partition coefficient (Wildman–Crippen LogP) is 15.3. The van der Waals surface area contributed by atoms with Crippen molar-refractivity contribution in [3.8, 4) is 0 Å². The summed E-state index contributed by atoms with van der Waals surface area (Å²) >= 11 is 0. The van der Waals surface area contributed by atoms with Gasteiger partial charge in [0.1, 0.15) is 0 Å². The molecule has 80 heavy (non-hydrogen) atoms. The van der Waals surface area contributed by atoms with Gasteiger partial charge in [-0.1, -0.05) is 134 Å². The molecule has 8 nitrogen and oxygen atoms in total. The van der Waals surface area contributed by atoms with Crippen LogP contribution < -0.4 is 32.7 Å². The van der Waals surface area contributed by atoms with Crippen molar-refractivity contribution >= 4 is 0 Å². The number of rotatable bonds is 26. The van der Waals surface area contributed by atoms with E-state index in [4.69, 9.17) is 11.5 Å². The lowest BCUT2D eigenvalue weighted by Gasteiger charge is -2.62. The Hall–Kier alpha value is -0.320. The molecule has 8 aliphatic rings. The van der Waals surface area contributed by atoms with Crippen molar-refractivity contribution in [2.75, 3.05) is 66.5 Å². The normalized spacial score (nSPS) is 39.6. The van der Waals surface area contributed by atoms with Crippen LogP contribution in [0.4, 0.5) is 0 Å². The smallest absolute Gasteiger partial charge is 0.0577 e. The van der Waals surface area contributed by atoms with E-state index >= 15 is 0 Å². The molecule has 0 saturated heterocycles. The van der Waals surface area contributed by atoms with E-state index in [1.807, 2.05) is 14.1 Å². The molecule has 8 heteroatoms. The molecule has 472 valence electrons. The molecule has 0 spiro atoms. The molecule has 0 aliphatic heterocycles. The van der Waals surface area contributed by atoms with Gasteiger partial charge in [-0.25, -0.2) is 0 Å². The van der Waals surface area contributed by atoms with E-state index in [1.165, 1.54) is 154 Å². The van der Waals surface area contributed by atoms with Gasteiger partial charge in [0, 0.05) is 0 Å². The molecule has 0 amide bonds. The minimum absolute atomic E-state index is 0.0250. The number of hydrogen-bond donors (Lipinski definition) is 8. The third-order valence-corrected chi connectivity index (χ3v) is 25.5. The summed E-state index contributed by atoms with van der Waals surface area (Å²) in [6.07, 6.45) is 37.4. The summed E-state index contributed by atoms with van der Waals surface area (Å²) < 4.78 is 0. The van der Waals surface area contributed by atoms with Gasteiger partial charge < -0.3 is 42.9 Å². The average Bonchev–Trinajstić information content (AvgIpc) is 3.96. The number of nitrogens with two attached hydrogens (primary N) is 2. The molecule has 8 fully saturated rings. The Bertz CT molecular complexity index is 1530. The molecule has 8 saturated carbocycles. The lowest BCUT2D eigenvalue weighted by atomic mass is 9.43. The zero-order chi connectivity index (χ0) is 58.7. The van der Waals surface area contributed by atoms with Gasteiger partial charge in [-0.15, -0.1) is 0 Å². The molecule has 8 unspecified atom stereocenters. The van der Waals surface area contributed by atoms with Crippen molar-refractivity contribution in [3.63, 3.8) is 0 Å². The van der Waals surface area contributed by atoms with Crippen LogP contribution in [0.2, 0.25) is 0 Å².